The van der Waals surface area contributed by atoms with Crippen LogP contribution in [-0.2, 0) is 4.79 Å². The SMILES string of the molecule is Cc1ccc(C2CC(=O)Nc3cc(C(=O)NCC4CCCC(CN)C4)ccc3N2C(=O)c2ccc(F)cc2)cc1. The number of nitrogens with two attached hydrogens (primary N) is 1. The molecule has 4 N–H and O–H groups in total. The fraction of sp³-hybridized carbons (Fsp3) is 0.344. The summed E-state index contributed by atoms with van der Waals surface area (Å²) in [7, 11) is 0. The quantitative estimate of drug-likeness (QED) is 0.390. The average Bonchev–Trinajstić information content (AvgIpc) is 3.11. The molecule has 0 radical (unpaired) electrons. The Bertz CT molecular complexity index is 1390. The molecule has 7 nitrogen and oxygen atoms in total. The minimum atomic E-state index is -0.596. The van der Waals surface area contributed by atoms with E-state index in [0.29, 0.717) is 47.4 Å². The van der Waals surface area contributed by atoms with Gasteiger partial charge in [0.1, 0.15) is 5.82 Å². The predicted octanol–water partition coefficient (Wildman–Crippen LogP) is 5.36. The van der Waals surface area contributed by atoms with E-state index < -0.39 is 11.9 Å². The first-order valence-electron chi connectivity index (χ1n) is 13.9. The third-order valence-corrected chi connectivity index (χ3v) is 8.03. The molecule has 3 aromatic rings. The van der Waals surface area contributed by atoms with Crippen molar-refractivity contribution in [2.75, 3.05) is 23.3 Å². The first kappa shape index (κ1) is 27.5. The van der Waals surface area contributed by atoms with Gasteiger partial charge in [0.25, 0.3) is 11.8 Å². The highest BCUT2D eigenvalue weighted by Gasteiger charge is 2.34. The third kappa shape index (κ3) is 6.07. The monoisotopic (exact) mass is 542 g/mol. The highest BCUT2D eigenvalue weighted by molar-refractivity contribution is 6.12. The minimum Gasteiger partial charge on any atom is -0.352 e. The molecular formula is C32H35FN4O3. The summed E-state index contributed by atoms with van der Waals surface area (Å²) in [5.74, 6) is -0.415. The normalized spacial score (nSPS) is 20.7. The molecule has 1 saturated carbocycles. The fourth-order valence-electron chi connectivity index (χ4n) is 5.80. The summed E-state index contributed by atoms with van der Waals surface area (Å²) in [5, 5.41) is 5.95. The van der Waals surface area contributed by atoms with Gasteiger partial charge in [-0.1, -0.05) is 36.2 Å². The van der Waals surface area contributed by atoms with Crippen LogP contribution in [0.15, 0.2) is 66.7 Å². The van der Waals surface area contributed by atoms with Crippen LogP contribution in [0.5, 0.6) is 0 Å². The van der Waals surface area contributed by atoms with Crippen molar-refractivity contribution in [1.29, 1.82) is 0 Å². The number of hydrogen-bond donors (Lipinski definition) is 3. The van der Waals surface area contributed by atoms with Crippen LogP contribution in [0.4, 0.5) is 15.8 Å². The lowest BCUT2D eigenvalue weighted by atomic mass is 9.81. The van der Waals surface area contributed by atoms with E-state index in [4.69, 9.17) is 5.73 Å². The van der Waals surface area contributed by atoms with E-state index in [1.807, 2.05) is 31.2 Å². The Kier molecular flexibility index (Phi) is 8.26. The molecule has 1 fully saturated rings. The Morgan fingerprint density at radius 1 is 1.00 bits per heavy atom. The lowest BCUT2D eigenvalue weighted by molar-refractivity contribution is -0.116. The van der Waals surface area contributed by atoms with Crippen LogP contribution in [0.1, 0.15) is 70.0 Å². The van der Waals surface area contributed by atoms with E-state index in [1.54, 1.807) is 23.1 Å². The molecule has 3 unspecified atom stereocenters. The number of benzene rings is 3. The van der Waals surface area contributed by atoms with Crippen LogP contribution in [0, 0.1) is 24.6 Å². The zero-order chi connectivity index (χ0) is 28.2. The predicted molar refractivity (Wildman–Crippen MR) is 154 cm³/mol. The van der Waals surface area contributed by atoms with Crippen LogP contribution in [0.3, 0.4) is 0 Å². The van der Waals surface area contributed by atoms with Gasteiger partial charge in [-0.2, -0.15) is 0 Å². The summed E-state index contributed by atoms with van der Waals surface area (Å²) in [5.41, 5.74) is 9.26. The van der Waals surface area contributed by atoms with Crippen LogP contribution >= 0.6 is 0 Å². The summed E-state index contributed by atoms with van der Waals surface area (Å²) in [6.07, 6.45) is 4.36. The zero-order valence-electron chi connectivity index (χ0n) is 22.7. The molecule has 8 heteroatoms. The van der Waals surface area contributed by atoms with E-state index in [2.05, 4.69) is 10.6 Å². The van der Waals surface area contributed by atoms with E-state index in [9.17, 15) is 18.8 Å². The number of aryl methyl sites for hydroxylation is 1. The van der Waals surface area contributed by atoms with Gasteiger partial charge < -0.3 is 16.4 Å². The van der Waals surface area contributed by atoms with Crippen molar-refractivity contribution >= 4 is 29.1 Å². The van der Waals surface area contributed by atoms with Crippen molar-refractivity contribution in [3.05, 3.63) is 94.8 Å². The largest absolute Gasteiger partial charge is 0.352 e. The maximum atomic E-state index is 13.9. The van der Waals surface area contributed by atoms with Crippen molar-refractivity contribution in [2.45, 2.75) is 45.1 Å². The zero-order valence-corrected chi connectivity index (χ0v) is 22.7. The Balaban J connectivity index is 1.46. The number of nitrogens with one attached hydrogen (secondary N) is 2. The van der Waals surface area contributed by atoms with Crippen LogP contribution in [0.25, 0.3) is 0 Å². The van der Waals surface area contributed by atoms with Gasteiger partial charge in [-0.25, -0.2) is 4.39 Å². The molecule has 5 rings (SSSR count). The summed E-state index contributed by atoms with van der Waals surface area (Å²) in [6.45, 7) is 3.22. The lowest BCUT2D eigenvalue weighted by Gasteiger charge is -2.31. The number of halogens is 1. The molecule has 3 amide bonds. The standard InChI is InChI=1S/C32H35FN4O3/c1-20-5-7-23(8-6-20)29-17-30(38)36-27-16-25(31(39)35-19-22-4-2-3-21(15-22)18-34)11-14-28(27)37(29)32(40)24-9-12-26(33)13-10-24/h5-14,16,21-22,29H,2-4,15,17-19,34H2,1H3,(H,35,39)(H,36,38). The molecule has 1 heterocycles. The number of carbonyl (C=O) groups excluding carboxylic acids is 3. The van der Waals surface area contributed by atoms with Crippen LogP contribution in [0.2, 0.25) is 0 Å². The number of amides is 3. The number of nitrogens with zero attached hydrogens (tertiary/aromatic N) is 1. The van der Waals surface area contributed by atoms with Crippen molar-refractivity contribution in [2.24, 2.45) is 17.6 Å². The molecule has 0 aromatic heterocycles. The van der Waals surface area contributed by atoms with Gasteiger partial charge in [-0.15, -0.1) is 0 Å². The van der Waals surface area contributed by atoms with Gasteiger partial charge in [0.05, 0.1) is 23.8 Å². The van der Waals surface area contributed by atoms with Crippen LogP contribution < -0.4 is 21.3 Å². The van der Waals surface area contributed by atoms with E-state index in [0.717, 1.165) is 36.8 Å². The van der Waals surface area contributed by atoms with E-state index in [-0.39, 0.29) is 24.1 Å². The van der Waals surface area contributed by atoms with E-state index in [1.165, 1.54) is 24.3 Å². The van der Waals surface area contributed by atoms with Gasteiger partial charge in [0.2, 0.25) is 5.91 Å². The topological polar surface area (TPSA) is 105 Å². The second-order valence-electron chi connectivity index (χ2n) is 10.9. The number of carbonyl (C=O) groups is 3. The molecule has 2 aliphatic rings. The van der Waals surface area contributed by atoms with Gasteiger partial charge in [0.15, 0.2) is 0 Å². The first-order chi connectivity index (χ1) is 19.3. The highest BCUT2D eigenvalue weighted by Crippen LogP contribution is 2.40. The molecule has 208 valence electrons. The lowest BCUT2D eigenvalue weighted by Crippen LogP contribution is -2.35. The minimum absolute atomic E-state index is 0.0240. The summed E-state index contributed by atoms with van der Waals surface area (Å²) in [4.78, 5) is 41.7. The van der Waals surface area contributed by atoms with Gasteiger partial charge in [-0.3, -0.25) is 19.3 Å². The second kappa shape index (κ2) is 12.0. The molecule has 3 aromatic carbocycles. The van der Waals surface area contributed by atoms with Gasteiger partial charge in [-0.05, 0) is 92.6 Å². The highest BCUT2D eigenvalue weighted by atomic mass is 19.1. The van der Waals surface area contributed by atoms with Crippen molar-refractivity contribution < 1.29 is 18.8 Å². The van der Waals surface area contributed by atoms with E-state index >= 15 is 0 Å². The molecule has 0 spiro atoms. The molecular weight excluding hydrogens is 507 g/mol. The maximum Gasteiger partial charge on any atom is 0.258 e. The molecule has 0 saturated heterocycles. The number of fused-ring (bicyclic) bond motifs is 1. The first-order valence-corrected chi connectivity index (χ1v) is 13.9. The van der Waals surface area contributed by atoms with Crippen molar-refractivity contribution in [1.82, 2.24) is 5.32 Å². The smallest absolute Gasteiger partial charge is 0.258 e. The molecule has 1 aliphatic carbocycles. The summed E-state index contributed by atoms with van der Waals surface area (Å²) < 4.78 is 13.6. The summed E-state index contributed by atoms with van der Waals surface area (Å²) in [6, 6.07) is 17.4. The average molecular weight is 543 g/mol. The fourth-order valence-corrected chi connectivity index (χ4v) is 5.80. The van der Waals surface area contributed by atoms with Crippen molar-refractivity contribution in [3.63, 3.8) is 0 Å². The number of anilines is 2. The van der Waals surface area contributed by atoms with Crippen molar-refractivity contribution in [3.8, 4) is 0 Å². The van der Waals surface area contributed by atoms with Gasteiger partial charge >= 0.3 is 0 Å². The molecule has 0 bridgehead atoms. The molecule has 40 heavy (non-hydrogen) atoms. The maximum absolute atomic E-state index is 13.9. The Labute approximate surface area is 233 Å². The number of rotatable bonds is 6. The molecule has 1 aliphatic heterocycles. The Morgan fingerprint density at radius 3 is 2.42 bits per heavy atom. The molecule has 3 atom stereocenters. The third-order valence-electron chi connectivity index (χ3n) is 8.03. The summed E-state index contributed by atoms with van der Waals surface area (Å²) >= 11 is 0. The second-order valence-corrected chi connectivity index (χ2v) is 10.9. The number of hydrogen-bond acceptors (Lipinski definition) is 4. The van der Waals surface area contributed by atoms with Crippen LogP contribution in [-0.4, -0.2) is 30.8 Å². The van der Waals surface area contributed by atoms with Gasteiger partial charge in [0, 0.05) is 17.7 Å². The Hall–Kier alpha value is -4.04. The Morgan fingerprint density at radius 2 is 1.70 bits per heavy atom.